The lowest BCUT2D eigenvalue weighted by Gasteiger charge is -2.31. The Kier molecular flexibility index (Phi) is 7.65. The van der Waals surface area contributed by atoms with Crippen molar-refractivity contribution in [2.45, 2.75) is 66.6 Å². The fourth-order valence-corrected chi connectivity index (χ4v) is 3.06. The minimum Gasteiger partial charge on any atom is -0.484 e. The number of carbonyl (C=O) groups is 2. The van der Waals surface area contributed by atoms with E-state index in [0.717, 1.165) is 16.7 Å². The highest BCUT2D eigenvalue weighted by Gasteiger charge is 2.29. The predicted molar refractivity (Wildman–Crippen MR) is 120 cm³/mol. The summed E-state index contributed by atoms with van der Waals surface area (Å²) in [6.07, 6.45) is 0. The largest absolute Gasteiger partial charge is 0.484 e. The molecule has 2 aromatic carbocycles. The second-order valence-corrected chi connectivity index (χ2v) is 8.90. The third kappa shape index (κ3) is 6.61. The molecular formula is C25H34N2O3. The zero-order valence-electron chi connectivity index (χ0n) is 19.2. The lowest BCUT2D eigenvalue weighted by Crippen LogP contribution is -2.53. The molecule has 0 heterocycles. The van der Waals surface area contributed by atoms with E-state index in [4.69, 9.17) is 4.74 Å². The molecule has 162 valence electrons. The summed E-state index contributed by atoms with van der Waals surface area (Å²) in [5.74, 6) is 0.234. The van der Waals surface area contributed by atoms with Crippen molar-refractivity contribution in [2.24, 2.45) is 0 Å². The van der Waals surface area contributed by atoms with Gasteiger partial charge in [-0.15, -0.1) is 0 Å². The topological polar surface area (TPSA) is 58.6 Å². The van der Waals surface area contributed by atoms with E-state index in [1.165, 1.54) is 5.56 Å². The fraction of sp³-hybridized carbons (Fsp3) is 0.440. The van der Waals surface area contributed by atoms with Gasteiger partial charge in [0.25, 0.3) is 5.91 Å². The molecule has 2 aromatic rings. The number of benzene rings is 2. The first kappa shape index (κ1) is 23.5. The number of amides is 2. The average molecular weight is 411 g/mol. The van der Waals surface area contributed by atoms with E-state index in [0.29, 0.717) is 12.3 Å². The summed E-state index contributed by atoms with van der Waals surface area (Å²) in [7, 11) is 0. The molecule has 0 aliphatic rings. The molecule has 0 spiro atoms. The molecule has 0 aliphatic heterocycles. The first-order chi connectivity index (χ1) is 14.0. The molecule has 0 aromatic heterocycles. The normalized spacial score (nSPS) is 12.2. The van der Waals surface area contributed by atoms with E-state index in [1.54, 1.807) is 11.8 Å². The number of aryl methyl sites for hydroxylation is 3. The summed E-state index contributed by atoms with van der Waals surface area (Å²) >= 11 is 0. The Morgan fingerprint density at radius 3 is 2.27 bits per heavy atom. The Balaban J connectivity index is 2.20. The molecule has 0 bridgehead atoms. The van der Waals surface area contributed by atoms with Crippen LogP contribution in [0.25, 0.3) is 0 Å². The maximum absolute atomic E-state index is 13.1. The van der Waals surface area contributed by atoms with E-state index >= 15 is 0 Å². The molecule has 5 nitrogen and oxygen atoms in total. The van der Waals surface area contributed by atoms with Crippen LogP contribution in [0.3, 0.4) is 0 Å². The molecule has 0 saturated carbocycles. The van der Waals surface area contributed by atoms with Crippen molar-refractivity contribution < 1.29 is 14.3 Å². The average Bonchev–Trinajstić information content (AvgIpc) is 2.66. The highest BCUT2D eigenvalue weighted by atomic mass is 16.5. The second kappa shape index (κ2) is 9.79. The summed E-state index contributed by atoms with van der Waals surface area (Å²) in [5, 5.41) is 2.97. The molecule has 1 atom stereocenters. The van der Waals surface area contributed by atoms with Crippen LogP contribution in [0.2, 0.25) is 0 Å². The summed E-state index contributed by atoms with van der Waals surface area (Å²) < 4.78 is 5.76. The van der Waals surface area contributed by atoms with Crippen LogP contribution in [0.15, 0.2) is 42.5 Å². The van der Waals surface area contributed by atoms with E-state index in [-0.39, 0.29) is 24.0 Å². The number of ether oxygens (including phenoxy) is 1. The lowest BCUT2D eigenvalue weighted by atomic mass is 10.1. The summed E-state index contributed by atoms with van der Waals surface area (Å²) in [5.41, 5.74) is 3.98. The van der Waals surface area contributed by atoms with Crippen molar-refractivity contribution in [1.29, 1.82) is 0 Å². The molecule has 0 aliphatic carbocycles. The van der Waals surface area contributed by atoms with Gasteiger partial charge in [0, 0.05) is 12.1 Å². The molecule has 0 fully saturated rings. The Morgan fingerprint density at radius 2 is 1.67 bits per heavy atom. The van der Waals surface area contributed by atoms with Crippen molar-refractivity contribution in [2.75, 3.05) is 6.61 Å². The summed E-state index contributed by atoms with van der Waals surface area (Å²) in [6.45, 7) is 13.8. The predicted octanol–water partition coefficient (Wildman–Crippen LogP) is 4.32. The zero-order chi connectivity index (χ0) is 22.5. The molecular weight excluding hydrogens is 376 g/mol. The summed E-state index contributed by atoms with van der Waals surface area (Å²) in [6, 6.07) is 13.0. The van der Waals surface area contributed by atoms with Crippen LogP contribution in [0.1, 0.15) is 49.9 Å². The number of hydrogen-bond acceptors (Lipinski definition) is 3. The van der Waals surface area contributed by atoms with Gasteiger partial charge in [-0.25, -0.2) is 0 Å². The minimum atomic E-state index is -0.625. The van der Waals surface area contributed by atoms with Crippen LogP contribution in [-0.4, -0.2) is 34.9 Å². The van der Waals surface area contributed by atoms with Gasteiger partial charge in [-0.1, -0.05) is 30.3 Å². The van der Waals surface area contributed by atoms with Gasteiger partial charge < -0.3 is 15.0 Å². The maximum Gasteiger partial charge on any atom is 0.261 e. The monoisotopic (exact) mass is 410 g/mol. The van der Waals surface area contributed by atoms with Crippen molar-refractivity contribution in [3.63, 3.8) is 0 Å². The van der Waals surface area contributed by atoms with Crippen molar-refractivity contribution in [3.05, 3.63) is 64.7 Å². The van der Waals surface area contributed by atoms with Crippen molar-refractivity contribution in [3.8, 4) is 5.75 Å². The Hall–Kier alpha value is -2.82. The minimum absolute atomic E-state index is 0.123. The van der Waals surface area contributed by atoms with Gasteiger partial charge in [0.1, 0.15) is 11.8 Å². The number of nitrogens with one attached hydrogen (secondary N) is 1. The van der Waals surface area contributed by atoms with E-state index < -0.39 is 6.04 Å². The first-order valence-corrected chi connectivity index (χ1v) is 10.3. The van der Waals surface area contributed by atoms with Crippen LogP contribution < -0.4 is 10.1 Å². The number of nitrogens with zero attached hydrogens (tertiary/aromatic N) is 1. The highest BCUT2D eigenvalue weighted by Crippen LogP contribution is 2.18. The fourth-order valence-electron chi connectivity index (χ4n) is 3.06. The smallest absolute Gasteiger partial charge is 0.261 e. The van der Waals surface area contributed by atoms with Crippen LogP contribution in [0.5, 0.6) is 5.75 Å². The summed E-state index contributed by atoms with van der Waals surface area (Å²) in [4.78, 5) is 27.5. The van der Waals surface area contributed by atoms with E-state index in [1.807, 2.05) is 84.0 Å². The number of rotatable bonds is 7. The van der Waals surface area contributed by atoms with Crippen LogP contribution in [0.4, 0.5) is 0 Å². The maximum atomic E-state index is 13.1. The number of carbonyl (C=O) groups excluding carboxylic acids is 2. The SMILES string of the molecule is Cc1ccc(OCC(=O)N(Cc2ccccc2C)[C@H](C)C(=O)NC(C)(C)C)cc1C. The van der Waals surface area contributed by atoms with Crippen molar-refractivity contribution >= 4 is 11.8 Å². The van der Waals surface area contributed by atoms with Gasteiger partial charge in [0.05, 0.1) is 0 Å². The standard InChI is InChI=1S/C25H34N2O3/c1-17-12-13-22(14-19(17)3)30-16-23(28)27(15-21-11-9-8-10-18(21)2)20(4)24(29)26-25(5,6)7/h8-14,20H,15-16H2,1-7H3,(H,26,29)/t20-/m1/s1. The van der Waals surface area contributed by atoms with E-state index in [9.17, 15) is 9.59 Å². The third-order valence-corrected chi connectivity index (χ3v) is 5.11. The molecule has 2 rings (SSSR count). The quantitative estimate of drug-likeness (QED) is 0.739. The molecule has 30 heavy (non-hydrogen) atoms. The van der Waals surface area contributed by atoms with Gasteiger partial charge in [-0.3, -0.25) is 9.59 Å². The van der Waals surface area contributed by atoms with Gasteiger partial charge in [0.15, 0.2) is 6.61 Å². The Morgan fingerprint density at radius 1 is 1.00 bits per heavy atom. The molecule has 0 radical (unpaired) electrons. The van der Waals surface area contributed by atoms with Gasteiger partial charge in [-0.2, -0.15) is 0 Å². The van der Waals surface area contributed by atoms with Gasteiger partial charge in [0.2, 0.25) is 5.91 Å². The van der Waals surface area contributed by atoms with E-state index in [2.05, 4.69) is 5.32 Å². The molecule has 2 amide bonds. The van der Waals surface area contributed by atoms with Crippen molar-refractivity contribution in [1.82, 2.24) is 10.2 Å². The molecule has 0 saturated heterocycles. The lowest BCUT2D eigenvalue weighted by molar-refractivity contribution is -0.142. The second-order valence-electron chi connectivity index (χ2n) is 8.90. The van der Waals surface area contributed by atoms with Gasteiger partial charge >= 0.3 is 0 Å². The zero-order valence-corrected chi connectivity index (χ0v) is 19.2. The first-order valence-electron chi connectivity index (χ1n) is 10.3. The van der Waals surface area contributed by atoms with Crippen LogP contribution in [0, 0.1) is 20.8 Å². The third-order valence-electron chi connectivity index (χ3n) is 5.11. The van der Waals surface area contributed by atoms with Crippen LogP contribution >= 0.6 is 0 Å². The van der Waals surface area contributed by atoms with Crippen LogP contribution in [-0.2, 0) is 16.1 Å². The van der Waals surface area contributed by atoms with Gasteiger partial charge in [-0.05, 0) is 82.9 Å². The Labute approximate surface area is 180 Å². The molecule has 0 unspecified atom stereocenters. The Bertz CT molecular complexity index is 900. The molecule has 1 N–H and O–H groups in total. The molecule has 5 heteroatoms. The number of hydrogen-bond donors (Lipinski definition) is 1. The highest BCUT2D eigenvalue weighted by molar-refractivity contribution is 5.88.